The summed E-state index contributed by atoms with van der Waals surface area (Å²) in [5.74, 6) is 0. The molecular weight excluding hydrogens is 190 g/mol. The minimum atomic E-state index is -0.156. The first kappa shape index (κ1) is 9.58. The van der Waals surface area contributed by atoms with Crippen molar-refractivity contribution in [2.45, 2.75) is 0 Å². The summed E-state index contributed by atoms with van der Waals surface area (Å²) < 4.78 is 3.25. The van der Waals surface area contributed by atoms with Gasteiger partial charge in [0.2, 0.25) is 0 Å². The Morgan fingerprint density at radius 3 is 2.13 bits per heavy atom. The van der Waals surface area contributed by atoms with Gasteiger partial charge in [-0.05, 0) is 0 Å². The molecular formula is C11H13N3O. The van der Waals surface area contributed by atoms with Gasteiger partial charge in [-0.1, -0.05) is 30.3 Å². The van der Waals surface area contributed by atoms with Gasteiger partial charge in [0.25, 0.3) is 5.56 Å². The van der Waals surface area contributed by atoms with Gasteiger partial charge in [-0.3, -0.25) is 14.2 Å². The third-order valence-corrected chi connectivity index (χ3v) is 2.60. The average Bonchev–Trinajstić information content (AvgIpc) is 2.45. The van der Waals surface area contributed by atoms with E-state index < -0.39 is 0 Å². The van der Waals surface area contributed by atoms with Crippen LogP contribution in [0.4, 0.5) is 5.69 Å². The molecule has 1 aromatic heterocycles. The number of anilines is 1. The second-order valence-electron chi connectivity index (χ2n) is 3.48. The summed E-state index contributed by atoms with van der Waals surface area (Å²) in [6, 6.07) is 9.65. The second-order valence-corrected chi connectivity index (χ2v) is 3.48. The SMILES string of the molecule is Cn1c(-c2ccccc2)c(N)c(=O)n1C. The van der Waals surface area contributed by atoms with Crippen LogP contribution in [0, 0.1) is 0 Å². The fraction of sp³-hybridized carbons (Fsp3) is 0.182. The van der Waals surface area contributed by atoms with Crippen molar-refractivity contribution in [1.29, 1.82) is 0 Å². The van der Waals surface area contributed by atoms with Gasteiger partial charge in [-0.15, -0.1) is 0 Å². The van der Waals surface area contributed by atoms with Gasteiger partial charge < -0.3 is 5.73 Å². The van der Waals surface area contributed by atoms with Crippen molar-refractivity contribution in [2.24, 2.45) is 14.1 Å². The van der Waals surface area contributed by atoms with Gasteiger partial charge in [-0.25, -0.2) is 0 Å². The molecule has 1 heterocycles. The Morgan fingerprint density at radius 2 is 1.67 bits per heavy atom. The average molecular weight is 203 g/mol. The van der Waals surface area contributed by atoms with E-state index in [1.807, 2.05) is 37.4 Å². The van der Waals surface area contributed by atoms with E-state index in [9.17, 15) is 4.79 Å². The molecule has 2 N–H and O–H groups in total. The van der Waals surface area contributed by atoms with Gasteiger partial charge in [0.15, 0.2) is 0 Å². The number of aromatic nitrogens is 2. The van der Waals surface area contributed by atoms with E-state index in [0.29, 0.717) is 5.69 Å². The highest BCUT2D eigenvalue weighted by Gasteiger charge is 2.13. The van der Waals surface area contributed by atoms with Gasteiger partial charge in [0, 0.05) is 19.7 Å². The molecule has 1 aromatic carbocycles. The fourth-order valence-electron chi connectivity index (χ4n) is 1.67. The summed E-state index contributed by atoms with van der Waals surface area (Å²) in [6.07, 6.45) is 0. The summed E-state index contributed by atoms with van der Waals surface area (Å²) in [4.78, 5) is 11.6. The first-order valence-electron chi connectivity index (χ1n) is 4.70. The van der Waals surface area contributed by atoms with Crippen LogP contribution in [0.15, 0.2) is 35.1 Å². The van der Waals surface area contributed by atoms with Gasteiger partial charge in [-0.2, -0.15) is 0 Å². The zero-order chi connectivity index (χ0) is 11.0. The number of benzene rings is 1. The van der Waals surface area contributed by atoms with E-state index >= 15 is 0 Å². The van der Waals surface area contributed by atoms with Crippen LogP contribution in [0.3, 0.4) is 0 Å². The van der Waals surface area contributed by atoms with Crippen molar-refractivity contribution in [3.8, 4) is 11.3 Å². The zero-order valence-electron chi connectivity index (χ0n) is 8.77. The first-order valence-corrected chi connectivity index (χ1v) is 4.70. The number of nitrogens with two attached hydrogens (primary N) is 1. The molecule has 4 nitrogen and oxygen atoms in total. The maximum atomic E-state index is 11.6. The van der Waals surface area contributed by atoms with Crippen molar-refractivity contribution < 1.29 is 0 Å². The quantitative estimate of drug-likeness (QED) is 0.751. The predicted molar refractivity (Wildman–Crippen MR) is 60.5 cm³/mol. The number of nitrogen functional groups attached to an aromatic ring is 1. The molecule has 0 unspecified atom stereocenters. The van der Waals surface area contributed by atoms with Gasteiger partial charge in [0.1, 0.15) is 5.69 Å². The van der Waals surface area contributed by atoms with E-state index in [2.05, 4.69) is 0 Å². The Morgan fingerprint density at radius 1 is 1.07 bits per heavy atom. The molecule has 15 heavy (non-hydrogen) atoms. The van der Waals surface area contributed by atoms with Crippen LogP contribution in [0.2, 0.25) is 0 Å². The Kier molecular flexibility index (Phi) is 2.11. The Balaban J connectivity index is 2.75. The summed E-state index contributed by atoms with van der Waals surface area (Å²) in [6.45, 7) is 0. The standard InChI is InChI=1S/C11H13N3O/c1-13-10(8-6-4-3-5-7-8)9(12)11(15)14(13)2/h3-7H,12H2,1-2H3. The van der Waals surface area contributed by atoms with Crippen molar-refractivity contribution in [2.75, 3.05) is 5.73 Å². The molecule has 2 aromatic rings. The Bertz CT molecular complexity index is 537. The first-order chi connectivity index (χ1) is 7.13. The highest BCUT2D eigenvalue weighted by Crippen LogP contribution is 2.22. The minimum absolute atomic E-state index is 0.156. The number of nitrogens with zero attached hydrogens (tertiary/aromatic N) is 2. The molecule has 4 heteroatoms. The fourth-order valence-corrected chi connectivity index (χ4v) is 1.67. The normalized spacial score (nSPS) is 10.5. The topological polar surface area (TPSA) is 52.9 Å². The molecule has 0 aliphatic carbocycles. The molecule has 0 aliphatic heterocycles. The van der Waals surface area contributed by atoms with Crippen molar-refractivity contribution >= 4 is 5.69 Å². The minimum Gasteiger partial charge on any atom is -0.392 e. The molecule has 0 atom stereocenters. The highest BCUT2D eigenvalue weighted by atomic mass is 16.1. The lowest BCUT2D eigenvalue weighted by Crippen LogP contribution is -2.18. The van der Waals surface area contributed by atoms with Gasteiger partial charge in [0.05, 0.1) is 5.69 Å². The van der Waals surface area contributed by atoms with Crippen molar-refractivity contribution in [1.82, 2.24) is 9.36 Å². The highest BCUT2D eigenvalue weighted by molar-refractivity contribution is 5.72. The Hall–Kier alpha value is -1.97. The van der Waals surface area contributed by atoms with E-state index in [0.717, 1.165) is 11.3 Å². The summed E-state index contributed by atoms with van der Waals surface area (Å²) in [5, 5.41) is 0. The molecule has 0 fully saturated rings. The van der Waals surface area contributed by atoms with Crippen LogP contribution in [0.25, 0.3) is 11.3 Å². The van der Waals surface area contributed by atoms with E-state index in [1.54, 1.807) is 11.7 Å². The summed E-state index contributed by atoms with van der Waals surface area (Å²) in [7, 11) is 3.52. The second kappa shape index (κ2) is 3.31. The van der Waals surface area contributed by atoms with Crippen LogP contribution in [0.5, 0.6) is 0 Å². The van der Waals surface area contributed by atoms with Crippen LogP contribution in [-0.2, 0) is 14.1 Å². The molecule has 0 aliphatic rings. The monoisotopic (exact) mass is 203 g/mol. The van der Waals surface area contributed by atoms with E-state index in [4.69, 9.17) is 5.73 Å². The van der Waals surface area contributed by atoms with Crippen LogP contribution in [-0.4, -0.2) is 9.36 Å². The molecule has 78 valence electrons. The summed E-state index contributed by atoms with van der Waals surface area (Å²) >= 11 is 0. The van der Waals surface area contributed by atoms with E-state index in [1.165, 1.54) is 4.68 Å². The third-order valence-electron chi connectivity index (χ3n) is 2.60. The lowest BCUT2D eigenvalue weighted by atomic mass is 10.1. The molecule has 0 amide bonds. The van der Waals surface area contributed by atoms with Crippen LogP contribution < -0.4 is 11.3 Å². The smallest absolute Gasteiger partial charge is 0.290 e. The maximum absolute atomic E-state index is 11.6. The summed E-state index contributed by atoms with van der Waals surface area (Å²) in [5.41, 5.74) is 7.64. The molecule has 0 bridgehead atoms. The number of hydrogen-bond donors (Lipinski definition) is 1. The van der Waals surface area contributed by atoms with Crippen molar-refractivity contribution in [3.05, 3.63) is 40.7 Å². The van der Waals surface area contributed by atoms with Crippen LogP contribution in [0.1, 0.15) is 0 Å². The third kappa shape index (κ3) is 1.34. The predicted octanol–water partition coefficient (Wildman–Crippen LogP) is 0.973. The number of hydrogen-bond acceptors (Lipinski definition) is 2. The molecule has 0 saturated carbocycles. The maximum Gasteiger partial charge on any atom is 0.290 e. The van der Waals surface area contributed by atoms with E-state index in [-0.39, 0.29) is 5.56 Å². The molecule has 2 rings (SSSR count). The van der Waals surface area contributed by atoms with Crippen molar-refractivity contribution in [3.63, 3.8) is 0 Å². The molecule has 0 spiro atoms. The number of rotatable bonds is 1. The lowest BCUT2D eigenvalue weighted by molar-refractivity contribution is 0.584. The largest absolute Gasteiger partial charge is 0.392 e. The zero-order valence-corrected chi connectivity index (χ0v) is 8.77. The van der Waals surface area contributed by atoms with Crippen LogP contribution >= 0.6 is 0 Å². The molecule has 0 radical (unpaired) electrons. The lowest BCUT2D eigenvalue weighted by Gasteiger charge is -2.05. The van der Waals surface area contributed by atoms with Gasteiger partial charge >= 0.3 is 0 Å². The Labute approximate surface area is 87.5 Å². The molecule has 0 saturated heterocycles.